The van der Waals surface area contributed by atoms with E-state index in [0.717, 1.165) is 22.6 Å². The molecule has 0 atom stereocenters. The molecule has 0 aliphatic carbocycles. The van der Waals surface area contributed by atoms with Gasteiger partial charge in [0, 0.05) is 17.1 Å². The van der Waals surface area contributed by atoms with Crippen LogP contribution in [0.4, 0.5) is 4.39 Å². The van der Waals surface area contributed by atoms with Gasteiger partial charge in [0.25, 0.3) is 0 Å². The summed E-state index contributed by atoms with van der Waals surface area (Å²) < 4.78 is 20.4. The summed E-state index contributed by atoms with van der Waals surface area (Å²) in [7, 11) is 0. The highest BCUT2D eigenvalue weighted by Gasteiger charge is 2.18. The van der Waals surface area contributed by atoms with Crippen molar-refractivity contribution in [2.24, 2.45) is 0 Å². The minimum Gasteiger partial charge on any atom is -0.461 e. The molecule has 0 saturated carbocycles. The number of ether oxygens (including phenoxy) is 1. The molecular weight excluding hydrogens is 309 g/mol. The van der Waals surface area contributed by atoms with E-state index in [-0.39, 0.29) is 12.4 Å². The maximum absolute atomic E-state index is 13.5. The zero-order chi connectivity index (χ0) is 17.3. The molecule has 5 nitrogen and oxygen atoms in total. The quantitative estimate of drug-likeness (QED) is 0.689. The van der Waals surface area contributed by atoms with Crippen molar-refractivity contribution in [1.29, 1.82) is 0 Å². The summed E-state index contributed by atoms with van der Waals surface area (Å²) in [4.78, 5) is 21.1. The van der Waals surface area contributed by atoms with Gasteiger partial charge < -0.3 is 9.30 Å². The van der Waals surface area contributed by atoms with Crippen molar-refractivity contribution in [1.82, 2.24) is 14.5 Å². The van der Waals surface area contributed by atoms with Crippen LogP contribution in [0.15, 0.2) is 30.5 Å². The van der Waals surface area contributed by atoms with Crippen molar-refractivity contribution in [2.45, 2.75) is 27.3 Å². The molecule has 0 aliphatic rings. The van der Waals surface area contributed by atoms with Gasteiger partial charge in [-0.3, -0.25) is 9.97 Å². The molecule has 24 heavy (non-hydrogen) atoms. The first kappa shape index (κ1) is 16.1. The molecule has 0 amide bonds. The molecule has 3 aromatic rings. The second-order valence-corrected chi connectivity index (χ2v) is 5.58. The Balaban J connectivity index is 2.13. The van der Waals surface area contributed by atoms with Crippen molar-refractivity contribution in [2.75, 3.05) is 6.61 Å². The third-order valence-corrected chi connectivity index (χ3v) is 3.82. The van der Waals surface area contributed by atoms with Crippen LogP contribution in [0, 0.1) is 19.7 Å². The second kappa shape index (κ2) is 6.39. The first-order valence-corrected chi connectivity index (χ1v) is 7.74. The van der Waals surface area contributed by atoms with Gasteiger partial charge in [0.15, 0.2) is 0 Å². The molecule has 0 fully saturated rings. The highest BCUT2D eigenvalue weighted by atomic mass is 19.1. The lowest BCUT2D eigenvalue weighted by Gasteiger charge is -2.11. The number of carbonyl (C=O) groups is 1. The Kier molecular flexibility index (Phi) is 4.29. The third kappa shape index (κ3) is 2.99. The minimum absolute atomic E-state index is 0.276. The number of benzene rings is 1. The van der Waals surface area contributed by atoms with Gasteiger partial charge in [-0.2, -0.15) is 0 Å². The lowest BCUT2D eigenvalue weighted by molar-refractivity contribution is 0.0515. The van der Waals surface area contributed by atoms with Crippen LogP contribution < -0.4 is 0 Å². The molecule has 3 rings (SSSR count). The molecule has 1 aromatic carbocycles. The maximum Gasteiger partial charge on any atom is 0.354 e. The van der Waals surface area contributed by atoms with Crippen LogP contribution in [-0.2, 0) is 11.3 Å². The summed E-state index contributed by atoms with van der Waals surface area (Å²) >= 11 is 0. The first-order valence-electron chi connectivity index (χ1n) is 7.74. The number of carbonyl (C=O) groups excluding carboxylic acids is 1. The highest BCUT2D eigenvalue weighted by Crippen LogP contribution is 2.23. The molecule has 2 heterocycles. The molecule has 0 N–H and O–H groups in total. The van der Waals surface area contributed by atoms with Crippen LogP contribution in [0.1, 0.15) is 34.5 Å². The molecule has 0 unspecified atom stereocenters. The Morgan fingerprint density at radius 2 is 2.08 bits per heavy atom. The molecule has 0 saturated heterocycles. The summed E-state index contributed by atoms with van der Waals surface area (Å²) in [5, 5.41) is 0.649. The van der Waals surface area contributed by atoms with Crippen LogP contribution in [0.3, 0.4) is 0 Å². The van der Waals surface area contributed by atoms with Gasteiger partial charge in [0.05, 0.1) is 30.2 Å². The lowest BCUT2D eigenvalue weighted by atomic mass is 10.2. The molecule has 0 bridgehead atoms. The summed E-state index contributed by atoms with van der Waals surface area (Å²) in [6.45, 7) is 6.15. The molecule has 2 aromatic heterocycles. The number of fused-ring (bicyclic) bond motifs is 1. The number of nitrogens with zero attached hydrogens (tertiary/aromatic N) is 3. The van der Waals surface area contributed by atoms with Crippen LogP contribution >= 0.6 is 0 Å². The number of hydrogen-bond acceptors (Lipinski definition) is 4. The second-order valence-electron chi connectivity index (χ2n) is 5.58. The van der Waals surface area contributed by atoms with E-state index in [9.17, 15) is 9.18 Å². The summed E-state index contributed by atoms with van der Waals surface area (Å²) in [5.41, 5.74) is 3.52. The van der Waals surface area contributed by atoms with Gasteiger partial charge in [-0.15, -0.1) is 0 Å². The molecule has 0 radical (unpaired) electrons. The van der Waals surface area contributed by atoms with Gasteiger partial charge in [-0.05, 0) is 45.0 Å². The van der Waals surface area contributed by atoms with E-state index in [1.807, 2.05) is 13.8 Å². The lowest BCUT2D eigenvalue weighted by Crippen LogP contribution is -2.14. The van der Waals surface area contributed by atoms with Gasteiger partial charge >= 0.3 is 5.97 Å². The monoisotopic (exact) mass is 327 g/mol. The average Bonchev–Trinajstić information content (AvgIpc) is 2.88. The largest absolute Gasteiger partial charge is 0.461 e. The van der Waals surface area contributed by atoms with E-state index < -0.39 is 5.97 Å². The zero-order valence-electron chi connectivity index (χ0n) is 13.8. The van der Waals surface area contributed by atoms with Crippen molar-refractivity contribution < 1.29 is 13.9 Å². The van der Waals surface area contributed by atoms with Crippen molar-refractivity contribution >= 4 is 16.9 Å². The van der Waals surface area contributed by atoms with Gasteiger partial charge in [0.2, 0.25) is 0 Å². The fourth-order valence-corrected chi connectivity index (χ4v) is 2.71. The van der Waals surface area contributed by atoms with Crippen LogP contribution in [0.5, 0.6) is 0 Å². The summed E-state index contributed by atoms with van der Waals surface area (Å²) in [6, 6.07) is 6.08. The Bertz CT molecular complexity index is 918. The van der Waals surface area contributed by atoms with E-state index >= 15 is 0 Å². The van der Waals surface area contributed by atoms with E-state index in [4.69, 9.17) is 4.74 Å². The van der Waals surface area contributed by atoms with Crippen LogP contribution in [-0.4, -0.2) is 27.1 Å². The third-order valence-electron chi connectivity index (χ3n) is 3.82. The Morgan fingerprint density at radius 1 is 1.29 bits per heavy atom. The smallest absolute Gasteiger partial charge is 0.354 e. The topological polar surface area (TPSA) is 57.0 Å². The Hall–Kier alpha value is -2.76. The fourth-order valence-electron chi connectivity index (χ4n) is 2.71. The van der Waals surface area contributed by atoms with Crippen molar-refractivity contribution in [3.63, 3.8) is 0 Å². The fraction of sp³-hybridized carbons (Fsp3) is 0.278. The van der Waals surface area contributed by atoms with E-state index in [1.54, 1.807) is 29.8 Å². The van der Waals surface area contributed by atoms with Gasteiger partial charge in [-0.1, -0.05) is 0 Å². The van der Waals surface area contributed by atoms with E-state index in [2.05, 4.69) is 9.97 Å². The molecule has 6 heteroatoms. The zero-order valence-corrected chi connectivity index (χ0v) is 13.8. The van der Waals surface area contributed by atoms with Crippen LogP contribution in [0.2, 0.25) is 0 Å². The number of hydrogen-bond donors (Lipinski definition) is 0. The number of esters is 1. The minimum atomic E-state index is -0.438. The summed E-state index contributed by atoms with van der Waals surface area (Å²) in [6.07, 6.45) is 1.69. The molecule has 0 aliphatic heterocycles. The van der Waals surface area contributed by atoms with Crippen LogP contribution in [0.25, 0.3) is 10.9 Å². The SMILES string of the molecule is CCOC(=O)c1cc2cc(F)ccc2n1Cc1ncc(C)nc1C. The number of halogens is 1. The molecular formula is C18H18FN3O2. The number of aromatic nitrogens is 3. The Labute approximate surface area is 139 Å². The average molecular weight is 327 g/mol. The number of aryl methyl sites for hydroxylation is 2. The van der Waals surface area contributed by atoms with Crippen molar-refractivity contribution in [3.8, 4) is 0 Å². The van der Waals surface area contributed by atoms with Gasteiger partial charge in [0.1, 0.15) is 11.5 Å². The van der Waals surface area contributed by atoms with Gasteiger partial charge in [-0.25, -0.2) is 9.18 Å². The number of rotatable bonds is 4. The highest BCUT2D eigenvalue weighted by molar-refractivity contribution is 5.95. The first-order chi connectivity index (χ1) is 11.5. The van der Waals surface area contributed by atoms with E-state index in [0.29, 0.717) is 17.6 Å². The standard InChI is InChI=1S/C18H18FN3O2/c1-4-24-18(23)17-8-13-7-14(19)5-6-16(13)22(17)10-15-12(3)21-11(2)9-20-15/h5-9H,4,10H2,1-3H3. The van der Waals surface area contributed by atoms with E-state index in [1.165, 1.54) is 12.1 Å². The molecule has 124 valence electrons. The maximum atomic E-state index is 13.5. The molecule has 0 spiro atoms. The predicted octanol–water partition coefficient (Wildman–Crippen LogP) is 3.41. The Morgan fingerprint density at radius 3 is 2.79 bits per heavy atom. The predicted molar refractivity (Wildman–Crippen MR) is 88.5 cm³/mol. The van der Waals surface area contributed by atoms with Crippen molar-refractivity contribution in [3.05, 3.63) is 59.1 Å². The summed E-state index contributed by atoms with van der Waals surface area (Å²) in [5.74, 6) is -0.784. The normalized spacial score (nSPS) is 11.0.